The molecule has 1 saturated carbocycles. The first kappa shape index (κ1) is 17.6. The van der Waals surface area contributed by atoms with E-state index in [1.807, 2.05) is 12.1 Å². The van der Waals surface area contributed by atoms with Crippen molar-refractivity contribution in [3.63, 3.8) is 0 Å². The maximum absolute atomic E-state index is 12.9. The first-order valence-electron chi connectivity index (χ1n) is 8.05. The van der Waals surface area contributed by atoms with Gasteiger partial charge < -0.3 is 0 Å². The van der Waals surface area contributed by atoms with Gasteiger partial charge >= 0.3 is 0 Å². The van der Waals surface area contributed by atoms with Crippen molar-refractivity contribution in [2.45, 2.75) is 75.4 Å². The minimum absolute atomic E-state index is 0.0201. The third-order valence-electron chi connectivity index (χ3n) is 5.07. The van der Waals surface area contributed by atoms with Crippen LogP contribution >= 0.6 is 0 Å². The van der Waals surface area contributed by atoms with Crippen molar-refractivity contribution < 1.29 is 4.21 Å². The zero-order valence-electron chi connectivity index (χ0n) is 14.4. The summed E-state index contributed by atoms with van der Waals surface area (Å²) in [5, 5.41) is 6.10. The highest BCUT2D eigenvalue weighted by molar-refractivity contribution is 7.92. The Bertz CT molecular complexity index is 634. The number of pyridine rings is 1. The number of hydrogen-bond acceptors (Lipinski definition) is 3. The van der Waals surface area contributed by atoms with E-state index in [0.29, 0.717) is 10.8 Å². The van der Waals surface area contributed by atoms with Gasteiger partial charge in [0.05, 0.1) is 4.90 Å². The van der Waals surface area contributed by atoms with Gasteiger partial charge in [-0.15, -0.1) is 0 Å². The van der Waals surface area contributed by atoms with E-state index in [9.17, 15) is 4.21 Å². The Morgan fingerprint density at radius 2 is 1.86 bits per heavy atom. The second-order valence-electron chi connectivity index (χ2n) is 7.87. The highest BCUT2D eigenvalue weighted by Crippen LogP contribution is 2.38. The average molecular weight is 340 g/mol. The summed E-state index contributed by atoms with van der Waals surface area (Å²) in [6.07, 6.45) is 6.65. The number of rotatable bonds is 3. The second-order valence-corrected chi connectivity index (χ2v) is 14.8. The fourth-order valence-corrected chi connectivity index (χ4v) is 7.25. The fraction of sp³-hybridized carbons (Fsp3) is 0.688. The summed E-state index contributed by atoms with van der Waals surface area (Å²) in [4.78, 5) is 5.07. The average Bonchev–Trinajstić information content (AvgIpc) is 2.90. The van der Waals surface area contributed by atoms with Crippen LogP contribution in [0.4, 0.5) is 0 Å². The molecule has 0 aromatic carbocycles. The maximum atomic E-state index is 12.9. The van der Waals surface area contributed by atoms with Gasteiger partial charge in [-0.25, -0.2) is 9.35 Å². The van der Waals surface area contributed by atoms with Crippen LogP contribution in [0.3, 0.4) is 0 Å². The van der Waals surface area contributed by atoms with Crippen LogP contribution in [-0.4, -0.2) is 17.4 Å². The van der Waals surface area contributed by atoms with Crippen molar-refractivity contribution in [3.8, 4) is 0 Å². The van der Waals surface area contributed by atoms with Gasteiger partial charge in [-0.1, -0.05) is 33.6 Å². The molecule has 1 unspecified atom stereocenters. The van der Waals surface area contributed by atoms with Crippen molar-refractivity contribution in [2.75, 3.05) is 0 Å². The first-order valence-corrected chi connectivity index (χ1v) is 12.6. The fourth-order valence-electron chi connectivity index (χ4n) is 2.56. The number of nitrogens with two attached hydrogens (primary N) is 1. The summed E-state index contributed by atoms with van der Waals surface area (Å²) in [6.45, 7) is 10.6. The van der Waals surface area contributed by atoms with E-state index in [0.717, 1.165) is 5.69 Å². The molecule has 2 rings (SSSR count). The summed E-state index contributed by atoms with van der Waals surface area (Å²) in [7, 11) is -4.93. The summed E-state index contributed by atoms with van der Waals surface area (Å²) >= 11 is 0. The number of nitrogens with zero attached hydrogens (tertiary/aromatic N) is 2. The van der Waals surface area contributed by atoms with E-state index in [1.165, 1.54) is 25.7 Å². The summed E-state index contributed by atoms with van der Waals surface area (Å²) < 4.78 is 17.5. The molecule has 0 spiro atoms. The van der Waals surface area contributed by atoms with Gasteiger partial charge in [0, 0.05) is 17.8 Å². The van der Waals surface area contributed by atoms with Gasteiger partial charge in [0.1, 0.15) is 9.92 Å². The standard InChI is InChI=1S/C16H29N3OSSi/c1-16(2,3)22(4,5)19-21(17,20)14-10-11-15(18-12-14)13-8-6-7-9-13/h10-13H,6-9H2,1-5H3,(H2,17,19,20). The molecule has 2 N–H and O–H groups in total. The van der Waals surface area contributed by atoms with Crippen molar-refractivity contribution in [3.05, 3.63) is 24.0 Å². The largest absolute Gasteiger partial charge is 0.261 e. The van der Waals surface area contributed by atoms with E-state index >= 15 is 0 Å². The number of hydrogen-bond donors (Lipinski definition) is 1. The molecule has 124 valence electrons. The predicted octanol–water partition coefficient (Wildman–Crippen LogP) is 4.45. The smallest absolute Gasteiger partial charge is 0.195 e. The van der Waals surface area contributed by atoms with Gasteiger partial charge in [-0.2, -0.15) is 0 Å². The molecule has 4 nitrogen and oxygen atoms in total. The molecular formula is C16H29N3OSSi. The molecule has 0 saturated heterocycles. The molecule has 1 fully saturated rings. The van der Waals surface area contributed by atoms with Gasteiger partial charge in [-0.3, -0.25) is 9.01 Å². The van der Waals surface area contributed by atoms with E-state index in [-0.39, 0.29) is 5.04 Å². The maximum Gasteiger partial charge on any atom is 0.195 e. The lowest BCUT2D eigenvalue weighted by Crippen LogP contribution is -2.37. The lowest BCUT2D eigenvalue weighted by atomic mass is 10.0. The van der Waals surface area contributed by atoms with Crippen LogP contribution in [0.1, 0.15) is 58.1 Å². The molecule has 6 heteroatoms. The molecule has 0 aliphatic heterocycles. The molecule has 0 bridgehead atoms. The molecular weight excluding hydrogens is 310 g/mol. The lowest BCUT2D eigenvalue weighted by Gasteiger charge is -2.32. The molecule has 0 radical (unpaired) electrons. The summed E-state index contributed by atoms with van der Waals surface area (Å²) in [5.74, 6) is 0.556. The number of aromatic nitrogens is 1. The Hall–Kier alpha value is -0.723. The Labute approximate surface area is 136 Å². The van der Waals surface area contributed by atoms with Crippen LogP contribution < -0.4 is 5.14 Å². The molecule has 22 heavy (non-hydrogen) atoms. The van der Waals surface area contributed by atoms with Crippen LogP contribution in [0.5, 0.6) is 0 Å². The van der Waals surface area contributed by atoms with Gasteiger partial charge in [-0.05, 0) is 43.1 Å². The quantitative estimate of drug-likeness (QED) is 0.827. The Balaban J connectivity index is 2.31. The van der Waals surface area contributed by atoms with Crippen LogP contribution in [-0.2, 0) is 9.92 Å². The molecule has 1 heterocycles. The highest BCUT2D eigenvalue weighted by Gasteiger charge is 2.37. The van der Waals surface area contributed by atoms with Crippen LogP contribution in [0, 0.1) is 0 Å². The monoisotopic (exact) mass is 339 g/mol. The SMILES string of the molecule is CC(C)(C)[Si](C)(C)N=S(N)(=O)c1ccc(C2CCCC2)nc1. The Kier molecular flexibility index (Phi) is 4.85. The van der Waals surface area contributed by atoms with Crippen LogP contribution in [0.15, 0.2) is 27.3 Å². The van der Waals surface area contributed by atoms with Crippen LogP contribution in [0.25, 0.3) is 0 Å². The van der Waals surface area contributed by atoms with Gasteiger partial charge in [0.25, 0.3) is 0 Å². The normalized spacial score (nSPS) is 19.9. The Morgan fingerprint density at radius 3 is 2.32 bits per heavy atom. The van der Waals surface area contributed by atoms with E-state index in [4.69, 9.17) is 5.14 Å². The Morgan fingerprint density at radius 1 is 1.27 bits per heavy atom. The van der Waals surface area contributed by atoms with Crippen LogP contribution in [0.2, 0.25) is 18.1 Å². The van der Waals surface area contributed by atoms with Crippen molar-refractivity contribution in [2.24, 2.45) is 9.17 Å². The summed E-state index contributed by atoms with van der Waals surface area (Å²) in [5.41, 5.74) is 1.10. The highest BCUT2D eigenvalue weighted by atomic mass is 32.2. The zero-order chi connectivity index (χ0) is 16.6. The predicted molar refractivity (Wildman–Crippen MR) is 95.7 cm³/mol. The molecule has 1 aromatic rings. The first-order chi connectivity index (χ1) is 10.0. The minimum Gasteiger partial charge on any atom is -0.261 e. The third-order valence-corrected chi connectivity index (χ3v) is 12.6. The third kappa shape index (κ3) is 3.78. The molecule has 1 aromatic heterocycles. The molecule has 1 aliphatic rings. The zero-order valence-corrected chi connectivity index (χ0v) is 16.2. The molecule has 0 amide bonds. The van der Waals surface area contributed by atoms with E-state index in [2.05, 4.69) is 42.9 Å². The van der Waals surface area contributed by atoms with Crippen molar-refractivity contribution in [1.29, 1.82) is 0 Å². The van der Waals surface area contributed by atoms with Crippen molar-refractivity contribution in [1.82, 2.24) is 4.98 Å². The lowest BCUT2D eigenvalue weighted by molar-refractivity contribution is 0.673. The summed E-state index contributed by atoms with van der Waals surface area (Å²) in [6, 6.07) is 3.85. The topological polar surface area (TPSA) is 68.3 Å². The van der Waals surface area contributed by atoms with Gasteiger partial charge in [0.2, 0.25) is 0 Å². The van der Waals surface area contributed by atoms with E-state index < -0.39 is 18.2 Å². The van der Waals surface area contributed by atoms with E-state index in [1.54, 1.807) is 6.20 Å². The van der Waals surface area contributed by atoms with Gasteiger partial charge in [0.15, 0.2) is 8.24 Å². The molecule has 1 aliphatic carbocycles. The van der Waals surface area contributed by atoms with Crippen molar-refractivity contribution >= 4 is 18.2 Å². The molecule has 1 atom stereocenters. The minimum atomic E-state index is -2.87. The second kappa shape index (κ2) is 6.05.